The minimum Gasteiger partial charge on any atom is -0.341 e. The molecule has 4 nitrogen and oxygen atoms in total. The summed E-state index contributed by atoms with van der Waals surface area (Å²) in [5, 5.41) is 4.50. The van der Waals surface area contributed by atoms with Crippen molar-refractivity contribution in [3.8, 4) is 0 Å². The predicted octanol–water partition coefficient (Wildman–Crippen LogP) is 5.23. The second kappa shape index (κ2) is 8.40. The van der Waals surface area contributed by atoms with Crippen molar-refractivity contribution in [1.29, 1.82) is 0 Å². The van der Waals surface area contributed by atoms with Gasteiger partial charge in [0.2, 0.25) is 5.91 Å². The summed E-state index contributed by atoms with van der Waals surface area (Å²) in [5.74, 6) is -0.135. The van der Waals surface area contributed by atoms with Crippen molar-refractivity contribution in [1.82, 2.24) is 9.88 Å². The summed E-state index contributed by atoms with van der Waals surface area (Å²) in [7, 11) is 0. The first-order chi connectivity index (χ1) is 16.1. The molecule has 1 aromatic heterocycles. The molecule has 33 heavy (non-hydrogen) atoms. The number of carbonyl (C=O) groups is 1. The number of rotatable bonds is 5. The van der Waals surface area contributed by atoms with Crippen LogP contribution in [0.1, 0.15) is 18.1 Å². The van der Waals surface area contributed by atoms with Gasteiger partial charge >= 0.3 is 0 Å². The fourth-order valence-electron chi connectivity index (χ4n) is 4.56. The van der Waals surface area contributed by atoms with E-state index in [-0.39, 0.29) is 17.9 Å². The van der Waals surface area contributed by atoms with Crippen molar-refractivity contribution < 1.29 is 4.79 Å². The molecule has 4 heteroatoms. The highest BCUT2D eigenvalue weighted by atomic mass is 16.2. The van der Waals surface area contributed by atoms with Gasteiger partial charge in [0.1, 0.15) is 6.54 Å². The maximum atomic E-state index is 13.5. The van der Waals surface area contributed by atoms with Gasteiger partial charge in [-0.3, -0.25) is 9.59 Å². The van der Waals surface area contributed by atoms with Gasteiger partial charge in [-0.15, -0.1) is 0 Å². The molecule has 1 heterocycles. The summed E-state index contributed by atoms with van der Waals surface area (Å²) in [6.07, 6.45) is 0. The standard InChI is InChI=1S/C29H24N2O2/c1-29(21-12-4-2-5-13-21,22-14-6-3-7-15-22)30-27(32)20-31-25-18-10-8-16-23(25)28(33)24-17-9-11-19-26(24)31/h2-19H,20H2,1H3,(H,30,32). The molecule has 0 aliphatic rings. The SMILES string of the molecule is CC(NC(=O)Cn1c2ccccc2c(=O)c2ccccc21)(c1ccccc1)c1ccccc1. The molecule has 1 amide bonds. The Morgan fingerprint density at radius 3 is 1.61 bits per heavy atom. The summed E-state index contributed by atoms with van der Waals surface area (Å²) in [4.78, 5) is 26.5. The first-order valence-electron chi connectivity index (χ1n) is 11.0. The van der Waals surface area contributed by atoms with Crippen LogP contribution in [0.5, 0.6) is 0 Å². The monoisotopic (exact) mass is 432 g/mol. The van der Waals surface area contributed by atoms with Crippen LogP contribution in [0.3, 0.4) is 0 Å². The highest BCUT2D eigenvalue weighted by Gasteiger charge is 2.30. The minimum atomic E-state index is -0.704. The van der Waals surface area contributed by atoms with E-state index in [9.17, 15) is 9.59 Å². The van der Waals surface area contributed by atoms with Crippen molar-refractivity contribution in [2.45, 2.75) is 19.0 Å². The van der Waals surface area contributed by atoms with Gasteiger partial charge in [-0.25, -0.2) is 0 Å². The van der Waals surface area contributed by atoms with E-state index >= 15 is 0 Å². The molecule has 0 aliphatic carbocycles. The Morgan fingerprint density at radius 2 is 1.12 bits per heavy atom. The van der Waals surface area contributed by atoms with Gasteiger partial charge in [-0.05, 0) is 42.3 Å². The Bertz CT molecular complexity index is 1410. The van der Waals surface area contributed by atoms with Crippen molar-refractivity contribution in [3.05, 3.63) is 131 Å². The molecule has 5 rings (SSSR count). The number of aromatic nitrogens is 1. The number of benzene rings is 4. The van der Waals surface area contributed by atoms with E-state index in [4.69, 9.17) is 0 Å². The van der Waals surface area contributed by atoms with Crippen LogP contribution in [0.4, 0.5) is 0 Å². The van der Waals surface area contributed by atoms with Gasteiger partial charge < -0.3 is 9.88 Å². The maximum Gasteiger partial charge on any atom is 0.240 e. The number of amides is 1. The van der Waals surface area contributed by atoms with E-state index in [0.717, 1.165) is 22.2 Å². The molecule has 0 unspecified atom stereocenters. The summed E-state index contributed by atoms with van der Waals surface area (Å²) in [6.45, 7) is 2.12. The molecule has 0 bridgehead atoms. The molecule has 0 saturated heterocycles. The largest absolute Gasteiger partial charge is 0.341 e. The van der Waals surface area contributed by atoms with Crippen LogP contribution in [0.15, 0.2) is 114 Å². The minimum absolute atomic E-state index is 0.0173. The van der Waals surface area contributed by atoms with Crippen molar-refractivity contribution >= 4 is 27.7 Å². The second-order valence-electron chi connectivity index (χ2n) is 8.35. The maximum absolute atomic E-state index is 13.5. The first-order valence-corrected chi connectivity index (χ1v) is 11.0. The summed E-state index contributed by atoms with van der Waals surface area (Å²) >= 11 is 0. The third-order valence-corrected chi connectivity index (χ3v) is 6.27. The highest BCUT2D eigenvalue weighted by molar-refractivity contribution is 5.95. The number of carbonyl (C=O) groups excluding carboxylic acids is 1. The Labute approximate surface area is 192 Å². The molecular formula is C29H24N2O2. The van der Waals surface area contributed by atoms with Gasteiger partial charge in [0, 0.05) is 10.8 Å². The zero-order valence-corrected chi connectivity index (χ0v) is 18.4. The number of para-hydroxylation sites is 2. The Hall–Kier alpha value is -4.18. The average Bonchev–Trinajstić information content (AvgIpc) is 2.87. The number of hydrogen-bond donors (Lipinski definition) is 1. The topological polar surface area (TPSA) is 51.1 Å². The van der Waals surface area contributed by atoms with Crippen LogP contribution in [-0.4, -0.2) is 10.5 Å². The van der Waals surface area contributed by atoms with Gasteiger partial charge in [0.05, 0.1) is 16.6 Å². The lowest BCUT2D eigenvalue weighted by Gasteiger charge is -2.32. The van der Waals surface area contributed by atoms with Crippen LogP contribution in [0.25, 0.3) is 21.8 Å². The molecule has 0 saturated carbocycles. The molecule has 1 N–H and O–H groups in total. The Kier molecular flexibility index (Phi) is 5.27. The van der Waals surface area contributed by atoms with Crippen molar-refractivity contribution in [2.75, 3.05) is 0 Å². The number of pyridine rings is 1. The summed E-state index contributed by atoms with van der Waals surface area (Å²) < 4.78 is 1.93. The van der Waals surface area contributed by atoms with Crippen LogP contribution in [0, 0.1) is 0 Å². The first kappa shape index (κ1) is 20.7. The molecule has 4 aromatic carbocycles. The lowest BCUT2D eigenvalue weighted by molar-refractivity contribution is -0.123. The molecule has 0 atom stereocenters. The number of nitrogens with zero attached hydrogens (tertiary/aromatic N) is 1. The molecule has 0 aliphatic heterocycles. The van der Waals surface area contributed by atoms with Gasteiger partial charge in [0.25, 0.3) is 0 Å². The van der Waals surface area contributed by atoms with Gasteiger partial charge in [-0.2, -0.15) is 0 Å². The Balaban J connectivity index is 1.60. The third kappa shape index (κ3) is 3.70. The fourth-order valence-corrected chi connectivity index (χ4v) is 4.56. The number of nitrogens with one attached hydrogen (secondary N) is 1. The van der Waals surface area contributed by atoms with Gasteiger partial charge in [0.15, 0.2) is 5.43 Å². The van der Waals surface area contributed by atoms with Crippen molar-refractivity contribution in [2.24, 2.45) is 0 Å². The van der Waals surface area contributed by atoms with Gasteiger partial charge in [-0.1, -0.05) is 84.9 Å². The molecule has 0 fully saturated rings. The van der Waals surface area contributed by atoms with Crippen LogP contribution in [0.2, 0.25) is 0 Å². The summed E-state index contributed by atoms with van der Waals surface area (Å²) in [5.41, 5.74) is 2.77. The second-order valence-corrected chi connectivity index (χ2v) is 8.35. The molecule has 0 spiro atoms. The number of fused-ring (bicyclic) bond motifs is 2. The van der Waals surface area contributed by atoms with Crippen LogP contribution >= 0.6 is 0 Å². The molecule has 5 aromatic rings. The van der Waals surface area contributed by atoms with Crippen LogP contribution in [-0.2, 0) is 16.9 Å². The normalized spacial score (nSPS) is 11.5. The van der Waals surface area contributed by atoms with E-state index in [2.05, 4.69) is 5.32 Å². The van der Waals surface area contributed by atoms with E-state index < -0.39 is 5.54 Å². The van der Waals surface area contributed by atoms with E-state index in [0.29, 0.717) is 10.8 Å². The molecular weight excluding hydrogens is 408 g/mol. The lowest BCUT2D eigenvalue weighted by Crippen LogP contribution is -2.45. The zero-order valence-electron chi connectivity index (χ0n) is 18.4. The van der Waals surface area contributed by atoms with E-state index in [1.165, 1.54) is 0 Å². The zero-order chi connectivity index (χ0) is 22.8. The highest BCUT2D eigenvalue weighted by Crippen LogP contribution is 2.29. The number of hydrogen-bond acceptors (Lipinski definition) is 2. The van der Waals surface area contributed by atoms with E-state index in [1.54, 1.807) is 0 Å². The lowest BCUT2D eigenvalue weighted by atomic mass is 9.84. The Morgan fingerprint density at radius 1 is 0.697 bits per heavy atom. The van der Waals surface area contributed by atoms with Crippen molar-refractivity contribution in [3.63, 3.8) is 0 Å². The van der Waals surface area contributed by atoms with E-state index in [1.807, 2.05) is 121 Å². The third-order valence-electron chi connectivity index (χ3n) is 6.27. The van der Waals surface area contributed by atoms with Crippen LogP contribution < -0.4 is 10.7 Å². The predicted molar refractivity (Wildman–Crippen MR) is 133 cm³/mol. The molecule has 0 radical (unpaired) electrons. The average molecular weight is 433 g/mol. The smallest absolute Gasteiger partial charge is 0.240 e. The summed E-state index contributed by atoms with van der Waals surface area (Å²) in [6, 6.07) is 34.9. The quantitative estimate of drug-likeness (QED) is 0.387. The molecule has 162 valence electrons. The fraction of sp³-hybridized carbons (Fsp3) is 0.103.